The maximum atomic E-state index is 9.96. The highest BCUT2D eigenvalue weighted by atomic mass is 16.5. The van der Waals surface area contributed by atoms with Gasteiger partial charge in [0.05, 0.1) is 24.1 Å². The van der Waals surface area contributed by atoms with Gasteiger partial charge in [0.25, 0.3) is 0 Å². The van der Waals surface area contributed by atoms with Crippen LogP contribution < -0.4 is 14.8 Å². The fraction of sp³-hybridized carbons (Fsp3) is 0.320. The zero-order valence-corrected chi connectivity index (χ0v) is 20.1. The summed E-state index contributed by atoms with van der Waals surface area (Å²) < 4.78 is 16.2. The van der Waals surface area contributed by atoms with Gasteiger partial charge < -0.3 is 24.4 Å². The molecule has 0 aliphatic heterocycles. The van der Waals surface area contributed by atoms with E-state index in [1.807, 2.05) is 44.2 Å². The molecule has 0 spiro atoms. The zero-order chi connectivity index (χ0) is 24.8. The van der Waals surface area contributed by atoms with Crippen LogP contribution in [0.1, 0.15) is 22.7 Å². The summed E-state index contributed by atoms with van der Waals surface area (Å²) in [5.74, 6) is 1.84. The largest absolute Gasteiger partial charge is 0.491 e. The van der Waals surface area contributed by atoms with Crippen molar-refractivity contribution in [3.8, 4) is 34.4 Å². The Labute approximate surface area is 203 Å². The number of hydrogen-bond acceptors (Lipinski definition) is 10. The van der Waals surface area contributed by atoms with Crippen LogP contribution in [0.25, 0.3) is 22.6 Å². The number of aryl methyl sites for hydroxylation is 2. The first kappa shape index (κ1) is 24.2. The summed E-state index contributed by atoms with van der Waals surface area (Å²) in [7, 11) is 3.31. The lowest BCUT2D eigenvalue weighted by atomic mass is 10.1. The molecular weight excluding hydrogens is 448 g/mol. The minimum absolute atomic E-state index is 0.174. The smallest absolute Gasteiger partial charge is 0.316 e. The lowest BCUT2D eigenvalue weighted by molar-refractivity contribution is 0.108. The maximum absolute atomic E-state index is 9.96. The van der Waals surface area contributed by atoms with E-state index in [1.165, 1.54) is 7.11 Å². The van der Waals surface area contributed by atoms with Crippen LogP contribution >= 0.6 is 0 Å². The topological polar surface area (TPSA) is 128 Å². The number of ether oxygens (including phenoxy) is 2. The van der Waals surface area contributed by atoms with Crippen LogP contribution in [0.5, 0.6) is 11.8 Å². The summed E-state index contributed by atoms with van der Waals surface area (Å²) in [6.07, 6.45) is 3.32. The number of aliphatic hydroxyl groups excluding tert-OH is 1. The number of nitrogens with one attached hydrogen (secondary N) is 1. The van der Waals surface area contributed by atoms with Gasteiger partial charge in [-0.1, -0.05) is 17.3 Å². The lowest BCUT2D eigenvalue weighted by Gasteiger charge is -2.13. The van der Waals surface area contributed by atoms with Gasteiger partial charge in [-0.25, -0.2) is 19.9 Å². The molecule has 2 N–H and O–H groups in total. The number of methoxy groups -OCH3 is 1. The Bertz CT molecular complexity index is 1260. The molecule has 0 fully saturated rings. The summed E-state index contributed by atoms with van der Waals surface area (Å²) in [5, 5.41) is 17.0. The number of aliphatic hydroxyl groups is 1. The molecule has 0 saturated heterocycles. The first-order valence-corrected chi connectivity index (χ1v) is 11.2. The summed E-state index contributed by atoms with van der Waals surface area (Å²) in [6.45, 7) is 4.36. The quantitative estimate of drug-likeness (QED) is 0.352. The highest BCUT2D eigenvalue weighted by Gasteiger charge is 2.17. The van der Waals surface area contributed by atoms with Crippen molar-refractivity contribution in [2.24, 2.45) is 0 Å². The Morgan fingerprint density at radius 2 is 1.91 bits per heavy atom. The lowest BCUT2D eigenvalue weighted by Crippen LogP contribution is -2.29. The molecule has 0 amide bonds. The van der Waals surface area contributed by atoms with Gasteiger partial charge in [0.1, 0.15) is 24.2 Å². The fourth-order valence-electron chi connectivity index (χ4n) is 3.65. The normalized spacial score (nSPS) is 11.9. The second kappa shape index (κ2) is 11.0. The Hall–Kier alpha value is -3.89. The van der Waals surface area contributed by atoms with Crippen molar-refractivity contribution in [2.75, 3.05) is 27.3 Å². The average molecular weight is 477 g/mol. The van der Waals surface area contributed by atoms with E-state index < -0.39 is 6.10 Å². The van der Waals surface area contributed by atoms with Crippen LogP contribution in [0.4, 0.5) is 0 Å². The van der Waals surface area contributed by atoms with Gasteiger partial charge in [-0.15, -0.1) is 0 Å². The highest BCUT2D eigenvalue weighted by molar-refractivity contribution is 5.68. The van der Waals surface area contributed by atoms with Gasteiger partial charge in [-0.3, -0.25) is 0 Å². The fourth-order valence-corrected chi connectivity index (χ4v) is 3.65. The number of nitrogens with zero attached hydrogens (tertiary/aromatic N) is 5. The number of likely N-dealkylation sites (N-methyl/N-ethyl adjacent to an activating group) is 1. The monoisotopic (exact) mass is 476 g/mol. The van der Waals surface area contributed by atoms with Crippen molar-refractivity contribution >= 4 is 0 Å². The molecule has 3 aromatic heterocycles. The van der Waals surface area contributed by atoms with Crippen molar-refractivity contribution in [1.82, 2.24) is 30.4 Å². The summed E-state index contributed by atoms with van der Waals surface area (Å²) in [4.78, 5) is 18.0. The van der Waals surface area contributed by atoms with E-state index in [9.17, 15) is 5.11 Å². The maximum Gasteiger partial charge on any atom is 0.316 e. The van der Waals surface area contributed by atoms with Crippen LogP contribution in [0.15, 0.2) is 47.2 Å². The van der Waals surface area contributed by atoms with Crippen molar-refractivity contribution in [3.63, 3.8) is 0 Å². The Kier molecular flexibility index (Phi) is 7.64. The molecule has 3 heterocycles. The van der Waals surface area contributed by atoms with Crippen LogP contribution in [0, 0.1) is 13.8 Å². The predicted octanol–water partition coefficient (Wildman–Crippen LogP) is 2.76. The van der Waals surface area contributed by atoms with E-state index >= 15 is 0 Å². The van der Waals surface area contributed by atoms with Crippen molar-refractivity contribution in [3.05, 3.63) is 65.4 Å². The third kappa shape index (κ3) is 5.97. The minimum atomic E-state index is -0.610. The van der Waals surface area contributed by atoms with E-state index in [0.717, 1.165) is 28.1 Å². The van der Waals surface area contributed by atoms with Gasteiger partial charge in [0.2, 0.25) is 0 Å². The zero-order valence-electron chi connectivity index (χ0n) is 20.1. The molecule has 0 aliphatic rings. The van der Waals surface area contributed by atoms with Gasteiger partial charge in [-0.2, -0.15) is 0 Å². The van der Waals surface area contributed by atoms with Gasteiger partial charge >= 0.3 is 6.01 Å². The molecule has 0 radical (unpaired) electrons. The second-order valence-corrected chi connectivity index (χ2v) is 8.07. The third-order valence-electron chi connectivity index (χ3n) is 5.29. The Morgan fingerprint density at radius 3 is 2.60 bits per heavy atom. The van der Waals surface area contributed by atoms with Gasteiger partial charge in [0.15, 0.2) is 5.82 Å². The molecule has 1 atom stereocenters. The predicted molar refractivity (Wildman–Crippen MR) is 129 cm³/mol. The molecule has 182 valence electrons. The number of aromatic nitrogens is 5. The van der Waals surface area contributed by atoms with Crippen molar-refractivity contribution in [1.29, 1.82) is 0 Å². The molecule has 4 rings (SSSR count). The number of rotatable bonds is 10. The van der Waals surface area contributed by atoms with Gasteiger partial charge in [0, 0.05) is 36.6 Å². The Morgan fingerprint density at radius 1 is 1.11 bits per heavy atom. The SMILES string of the molecule is CNCC(O)COc1cccc(-c2nc(Cc3cnc(OC)nc3)cc(-c3c(C)noc3C)n2)c1. The highest BCUT2D eigenvalue weighted by Crippen LogP contribution is 2.29. The van der Waals surface area contributed by atoms with E-state index in [2.05, 4.69) is 20.4 Å². The summed E-state index contributed by atoms with van der Waals surface area (Å²) in [5.41, 5.74) is 4.76. The third-order valence-corrected chi connectivity index (χ3v) is 5.29. The van der Waals surface area contributed by atoms with Crippen LogP contribution in [-0.2, 0) is 6.42 Å². The molecule has 1 aromatic carbocycles. The van der Waals surface area contributed by atoms with E-state index in [1.54, 1.807) is 19.4 Å². The molecular formula is C25H28N6O4. The average Bonchev–Trinajstić information content (AvgIpc) is 3.21. The van der Waals surface area contributed by atoms with Crippen molar-refractivity contribution < 1.29 is 19.1 Å². The summed E-state index contributed by atoms with van der Waals surface area (Å²) in [6, 6.07) is 9.73. The van der Waals surface area contributed by atoms with Crippen LogP contribution in [-0.4, -0.2) is 63.6 Å². The van der Waals surface area contributed by atoms with E-state index in [4.69, 9.17) is 24.0 Å². The number of benzene rings is 1. The molecule has 10 heteroatoms. The Balaban J connectivity index is 1.70. The number of hydrogen-bond donors (Lipinski definition) is 2. The van der Waals surface area contributed by atoms with Crippen LogP contribution in [0.3, 0.4) is 0 Å². The molecule has 35 heavy (non-hydrogen) atoms. The first-order chi connectivity index (χ1) is 17.0. The molecule has 1 unspecified atom stereocenters. The van der Waals surface area contributed by atoms with Crippen LogP contribution in [0.2, 0.25) is 0 Å². The van der Waals surface area contributed by atoms with E-state index in [0.29, 0.717) is 42.0 Å². The standard InChI is InChI=1S/C25H28N6O4/c1-15-23(16(2)35-31-15)22-10-19(8-17-11-27-25(33-4)28-12-17)29-24(30-22)18-6-5-7-21(9-18)34-14-20(32)13-26-3/h5-7,9-12,20,26,32H,8,13-14H2,1-4H3. The molecule has 0 bridgehead atoms. The minimum Gasteiger partial charge on any atom is -0.491 e. The molecule has 0 saturated carbocycles. The molecule has 0 aliphatic carbocycles. The first-order valence-electron chi connectivity index (χ1n) is 11.2. The van der Waals surface area contributed by atoms with Crippen molar-refractivity contribution in [2.45, 2.75) is 26.4 Å². The molecule has 4 aromatic rings. The summed E-state index contributed by atoms with van der Waals surface area (Å²) >= 11 is 0. The second-order valence-electron chi connectivity index (χ2n) is 8.07. The van der Waals surface area contributed by atoms with Gasteiger partial charge in [-0.05, 0) is 44.7 Å². The molecule has 10 nitrogen and oxygen atoms in total. The van der Waals surface area contributed by atoms with E-state index in [-0.39, 0.29) is 6.61 Å².